The van der Waals surface area contributed by atoms with E-state index >= 15 is 0 Å². The molecule has 3 rings (SSSR count). The number of methoxy groups -OCH3 is 2. The molecule has 0 saturated carbocycles. The molecule has 6 nitrogen and oxygen atoms in total. The molecular weight excluding hydrogens is 320 g/mol. The Balaban J connectivity index is 1.80. The minimum absolute atomic E-state index is 0.0999. The summed E-state index contributed by atoms with van der Waals surface area (Å²) in [6.07, 6.45) is 2.48. The van der Waals surface area contributed by atoms with Gasteiger partial charge >= 0.3 is 0 Å². The zero-order chi connectivity index (χ0) is 17.8. The quantitative estimate of drug-likeness (QED) is 0.701. The van der Waals surface area contributed by atoms with Crippen LogP contribution in [0.3, 0.4) is 0 Å². The number of hydrogen-bond acceptors (Lipinski definition) is 4. The number of nitrogens with one attached hydrogen (secondary N) is 1. The van der Waals surface area contributed by atoms with E-state index in [1.54, 1.807) is 36.1 Å². The highest BCUT2D eigenvalue weighted by Gasteiger charge is 2.12. The van der Waals surface area contributed by atoms with Crippen molar-refractivity contribution in [3.63, 3.8) is 0 Å². The third-order valence-electron chi connectivity index (χ3n) is 3.93. The zero-order valence-electron chi connectivity index (χ0n) is 14.0. The summed E-state index contributed by atoms with van der Waals surface area (Å²) in [5.41, 5.74) is 2.01. The fraction of sp³-hybridized carbons (Fsp3) is 0.158. The molecule has 1 N–H and O–H groups in total. The molecule has 0 aliphatic carbocycles. The number of rotatable bonds is 6. The van der Waals surface area contributed by atoms with Crippen LogP contribution in [0.25, 0.3) is 10.9 Å². The number of aromatic nitrogens is 1. The summed E-state index contributed by atoms with van der Waals surface area (Å²) in [5.74, 6) is 0.924. The highest BCUT2D eigenvalue weighted by atomic mass is 16.5. The van der Waals surface area contributed by atoms with Crippen molar-refractivity contribution in [2.75, 3.05) is 19.5 Å². The molecule has 1 amide bonds. The molecule has 2 aromatic carbocycles. The van der Waals surface area contributed by atoms with E-state index in [-0.39, 0.29) is 12.5 Å². The average Bonchev–Trinajstić information content (AvgIpc) is 2.99. The van der Waals surface area contributed by atoms with E-state index in [0.717, 1.165) is 17.2 Å². The van der Waals surface area contributed by atoms with Gasteiger partial charge in [-0.3, -0.25) is 9.59 Å². The van der Waals surface area contributed by atoms with E-state index in [2.05, 4.69) is 5.32 Å². The minimum atomic E-state index is -0.203. The minimum Gasteiger partial charge on any atom is -0.493 e. The Hall–Kier alpha value is -3.28. The van der Waals surface area contributed by atoms with Crippen LogP contribution in [0.5, 0.6) is 11.5 Å². The van der Waals surface area contributed by atoms with Crippen LogP contribution in [0.4, 0.5) is 5.69 Å². The molecule has 0 radical (unpaired) electrons. The van der Waals surface area contributed by atoms with Crippen LogP contribution in [-0.2, 0) is 11.3 Å². The Kier molecular flexibility index (Phi) is 4.70. The maximum absolute atomic E-state index is 12.4. The van der Waals surface area contributed by atoms with E-state index in [0.29, 0.717) is 22.7 Å². The monoisotopic (exact) mass is 338 g/mol. The highest BCUT2D eigenvalue weighted by molar-refractivity contribution is 5.99. The molecule has 1 heterocycles. The van der Waals surface area contributed by atoms with Crippen LogP contribution in [-0.4, -0.2) is 31.0 Å². The average molecular weight is 338 g/mol. The summed E-state index contributed by atoms with van der Waals surface area (Å²) >= 11 is 0. The summed E-state index contributed by atoms with van der Waals surface area (Å²) in [5, 5.41) is 3.65. The number of carbonyl (C=O) groups excluding carboxylic acids is 2. The summed E-state index contributed by atoms with van der Waals surface area (Å²) in [7, 11) is 3.09. The van der Waals surface area contributed by atoms with Gasteiger partial charge in [0.1, 0.15) is 6.54 Å². The number of carbonyl (C=O) groups is 2. The first-order valence-electron chi connectivity index (χ1n) is 7.71. The molecule has 0 unspecified atom stereocenters. The fourth-order valence-electron chi connectivity index (χ4n) is 2.77. The summed E-state index contributed by atoms with van der Waals surface area (Å²) in [6.45, 7) is 0.0999. The second-order valence-electron chi connectivity index (χ2n) is 5.47. The van der Waals surface area contributed by atoms with Gasteiger partial charge in [0.05, 0.1) is 14.2 Å². The van der Waals surface area contributed by atoms with Crippen LogP contribution in [0.2, 0.25) is 0 Å². The van der Waals surface area contributed by atoms with Crippen LogP contribution in [0.1, 0.15) is 10.4 Å². The standard InChI is InChI=1S/C19H18N2O4/c1-24-17-8-7-14(9-18(17)25-2)20-19(23)11-21-10-13(12-22)15-5-3-4-6-16(15)21/h3-10,12H,11H2,1-2H3,(H,20,23). The fourth-order valence-corrected chi connectivity index (χ4v) is 2.77. The number of nitrogens with zero attached hydrogens (tertiary/aromatic N) is 1. The topological polar surface area (TPSA) is 69.6 Å². The molecule has 0 spiro atoms. The number of aldehydes is 1. The molecule has 128 valence electrons. The van der Waals surface area contributed by atoms with Gasteiger partial charge in [0.2, 0.25) is 5.91 Å². The van der Waals surface area contributed by atoms with Crippen molar-refractivity contribution in [3.8, 4) is 11.5 Å². The Labute approximate surface area is 145 Å². The molecule has 0 fully saturated rings. The number of hydrogen-bond donors (Lipinski definition) is 1. The van der Waals surface area contributed by atoms with Gasteiger partial charge in [0.15, 0.2) is 17.8 Å². The normalized spacial score (nSPS) is 10.5. The van der Waals surface area contributed by atoms with Gasteiger partial charge in [-0.25, -0.2) is 0 Å². The zero-order valence-corrected chi connectivity index (χ0v) is 14.0. The lowest BCUT2D eigenvalue weighted by atomic mass is 10.2. The van der Waals surface area contributed by atoms with Crippen molar-refractivity contribution in [3.05, 3.63) is 54.2 Å². The first-order chi connectivity index (χ1) is 12.2. The lowest BCUT2D eigenvalue weighted by Crippen LogP contribution is -2.18. The molecule has 3 aromatic rings. The van der Waals surface area contributed by atoms with E-state index in [1.165, 1.54) is 7.11 Å². The first kappa shape index (κ1) is 16.6. The van der Waals surface area contributed by atoms with E-state index in [4.69, 9.17) is 9.47 Å². The molecular formula is C19H18N2O4. The van der Waals surface area contributed by atoms with Gasteiger partial charge in [0.25, 0.3) is 0 Å². The number of ether oxygens (including phenoxy) is 2. The van der Waals surface area contributed by atoms with E-state index in [1.807, 2.05) is 24.3 Å². The molecule has 25 heavy (non-hydrogen) atoms. The molecule has 1 aromatic heterocycles. The Bertz CT molecular complexity index is 930. The molecule has 0 aliphatic rings. The third kappa shape index (κ3) is 3.33. The van der Waals surface area contributed by atoms with Crippen LogP contribution in [0.15, 0.2) is 48.7 Å². The Morgan fingerprint density at radius 1 is 1.12 bits per heavy atom. The Morgan fingerprint density at radius 3 is 2.60 bits per heavy atom. The van der Waals surface area contributed by atoms with Crippen molar-refractivity contribution < 1.29 is 19.1 Å². The molecule has 0 aliphatic heterocycles. The van der Waals surface area contributed by atoms with Gasteiger partial charge in [-0.05, 0) is 18.2 Å². The Morgan fingerprint density at radius 2 is 1.88 bits per heavy atom. The van der Waals surface area contributed by atoms with E-state index in [9.17, 15) is 9.59 Å². The van der Waals surface area contributed by atoms with Crippen molar-refractivity contribution >= 4 is 28.8 Å². The number of para-hydroxylation sites is 1. The maximum Gasteiger partial charge on any atom is 0.244 e. The van der Waals surface area contributed by atoms with Gasteiger partial charge in [-0.2, -0.15) is 0 Å². The molecule has 0 atom stereocenters. The number of benzene rings is 2. The molecule has 0 bridgehead atoms. The van der Waals surface area contributed by atoms with Crippen LogP contribution >= 0.6 is 0 Å². The molecule has 0 saturated heterocycles. The number of amides is 1. The van der Waals surface area contributed by atoms with Crippen molar-refractivity contribution in [1.29, 1.82) is 0 Å². The first-order valence-corrected chi connectivity index (χ1v) is 7.71. The second-order valence-corrected chi connectivity index (χ2v) is 5.47. The van der Waals surface area contributed by atoms with Gasteiger partial charge < -0.3 is 19.4 Å². The largest absolute Gasteiger partial charge is 0.493 e. The smallest absolute Gasteiger partial charge is 0.244 e. The van der Waals surface area contributed by atoms with Gasteiger partial charge in [-0.15, -0.1) is 0 Å². The van der Waals surface area contributed by atoms with Crippen LogP contribution in [0, 0.1) is 0 Å². The van der Waals surface area contributed by atoms with Gasteiger partial charge in [0, 0.05) is 34.4 Å². The third-order valence-corrected chi connectivity index (χ3v) is 3.93. The lowest BCUT2D eigenvalue weighted by molar-refractivity contribution is -0.116. The van der Waals surface area contributed by atoms with Crippen molar-refractivity contribution in [2.45, 2.75) is 6.54 Å². The van der Waals surface area contributed by atoms with Gasteiger partial charge in [-0.1, -0.05) is 18.2 Å². The molecule has 6 heteroatoms. The number of fused-ring (bicyclic) bond motifs is 1. The highest BCUT2D eigenvalue weighted by Crippen LogP contribution is 2.29. The summed E-state index contributed by atoms with van der Waals surface area (Å²) < 4.78 is 12.2. The summed E-state index contributed by atoms with van der Waals surface area (Å²) in [6, 6.07) is 12.6. The van der Waals surface area contributed by atoms with Crippen molar-refractivity contribution in [2.24, 2.45) is 0 Å². The second kappa shape index (κ2) is 7.09. The predicted molar refractivity (Wildman–Crippen MR) is 95.5 cm³/mol. The van der Waals surface area contributed by atoms with Crippen LogP contribution < -0.4 is 14.8 Å². The SMILES string of the molecule is COc1ccc(NC(=O)Cn2cc(C=O)c3ccccc32)cc1OC. The predicted octanol–water partition coefficient (Wildman–Crippen LogP) is 3.11. The van der Waals surface area contributed by atoms with Crippen molar-refractivity contribution in [1.82, 2.24) is 4.57 Å². The maximum atomic E-state index is 12.4. The number of anilines is 1. The lowest BCUT2D eigenvalue weighted by Gasteiger charge is -2.11. The summed E-state index contributed by atoms with van der Waals surface area (Å²) in [4.78, 5) is 23.6. The van der Waals surface area contributed by atoms with E-state index < -0.39 is 0 Å².